The second-order valence-corrected chi connectivity index (χ2v) is 11.3. The molecule has 1 N–H and O–H groups in total. The summed E-state index contributed by atoms with van der Waals surface area (Å²) in [6.07, 6.45) is 2.26. The van der Waals surface area contributed by atoms with Crippen LogP contribution in [0, 0.1) is 0 Å². The van der Waals surface area contributed by atoms with Crippen LogP contribution in [0.4, 0.5) is 5.69 Å². The standard InChI is InChI=1S/C25H33Cl2N3O4S/c1-5-18(2)28-25(32)19(3)29(17-20-8-10-21(26)11-9-20)24(31)7-6-16-30(35(4,33)34)23-14-12-22(27)13-15-23/h8-15,18-19H,5-7,16-17H2,1-4H3,(H,28,32)/t18-,19-/m0/s1. The van der Waals surface area contributed by atoms with E-state index in [9.17, 15) is 18.0 Å². The molecular weight excluding hydrogens is 509 g/mol. The topological polar surface area (TPSA) is 86.8 Å². The highest BCUT2D eigenvalue weighted by atomic mass is 35.5. The molecule has 0 unspecified atom stereocenters. The fourth-order valence-electron chi connectivity index (χ4n) is 3.45. The van der Waals surface area contributed by atoms with Gasteiger partial charge in [0, 0.05) is 35.6 Å². The average Bonchev–Trinajstić information content (AvgIpc) is 2.80. The lowest BCUT2D eigenvalue weighted by Gasteiger charge is -2.30. The quantitative estimate of drug-likeness (QED) is 0.415. The van der Waals surface area contributed by atoms with Crippen molar-refractivity contribution < 1.29 is 18.0 Å². The van der Waals surface area contributed by atoms with Crippen LogP contribution in [0.2, 0.25) is 10.0 Å². The molecule has 35 heavy (non-hydrogen) atoms. The first-order chi connectivity index (χ1) is 16.4. The zero-order chi connectivity index (χ0) is 26.2. The third kappa shape index (κ3) is 9.02. The van der Waals surface area contributed by atoms with E-state index < -0.39 is 16.1 Å². The van der Waals surface area contributed by atoms with Gasteiger partial charge in [-0.05, 0) is 68.7 Å². The fraction of sp³-hybridized carbons (Fsp3) is 0.440. The lowest BCUT2D eigenvalue weighted by atomic mass is 10.1. The van der Waals surface area contributed by atoms with Gasteiger partial charge < -0.3 is 10.2 Å². The summed E-state index contributed by atoms with van der Waals surface area (Å²) in [5.41, 5.74) is 1.31. The molecule has 10 heteroatoms. The Morgan fingerprint density at radius 3 is 2.03 bits per heavy atom. The highest BCUT2D eigenvalue weighted by Gasteiger charge is 2.27. The van der Waals surface area contributed by atoms with E-state index in [-0.39, 0.29) is 43.8 Å². The first-order valence-corrected chi connectivity index (χ1v) is 14.1. The molecule has 7 nitrogen and oxygen atoms in total. The zero-order valence-electron chi connectivity index (χ0n) is 20.5. The minimum atomic E-state index is -3.56. The Morgan fingerprint density at radius 2 is 1.51 bits per heavy atom. The first kappa shape index (κ1) is 28.9. The summed E-state index contributed by atoms with van der Waals surface area (Å²) >= 11 is 11.9. The molecule has 0 aliphatic heterocycles. The minimum absolute atomic E-state index is 0.0138. The molecule has 2 aromatic rings. The Balaban J connectivity index is 2.15. The van der Waals surface area contributed by atoms with Gasteiger partial charge in [-0.3, -0.25) is 13.9 Å². The summed E-state index contributed by atoms with van der Waals surface area (Å²) in [4.78, 5) is 27.6. The molecule has 2 rings (SSSR count). The van der Waals surface area contributed by atoms with Crippen LogP contribution in [-0.4, -0.2) is 50.0 Å². The highest BCUT2D eigenvalue weighted by molar-refractivity contribution is 7.92. The van der Waals surface area contributed by atoms with Crippen molar-refractivity contribution in [2.75, 3.05) is 17.1 Å². The summed E-state index contributed by atoms with van der Waals surface area (Å²) in [7, 11) is -3.56. The van der Waals surface area contributed by atoms with E-state index in [2.05, 4.69) is 5.32 Å². The molecule has 0 aliphatic rings. The Labute approximate surface area is 218 Å². The SMILES string of the molecule is CC[C@H](C)NC(=O)[C@H](C)N(Cc1ccc(Cl)cc1)C(=O)CCCN(c1ccc(Cl)cc1)S(C)(=O)=O. The number of halogens is 2. The van der Waals surface area contributed by atoms with Crippen molar-refractivity contribution in [2.24, 2.45) is 0 Å². The molecule has 0 fully saturated rings. The number of carbonyl (C=O) groups is 2. The molecule has 192 valence electrons. The maximum atomic E-state index is 13.3. The van der Waals surface area contributed by atoms with Crippen LogP contribution in [0.25, 0.3) is 0 Å². The molecule has 0 aromatic heterocycles. The summed E-state index contributed by atoms with van der Waals surface area (Å²) < 4.78 is 26.0. The van der Waals surface area contributed by atoms with Gasteiger partial charge in [0.25, 0.3) is 0 Å². The molecule has 0 aliphatic carbocycles. The molecule has 2 amide bonds. The highest BCUT2D eigenvalue weighted by Crippen LogP contribution is 2.21. The molecule has 0 radical (unpaired) electrons. The van der Waals surface area contributed by atoms with E-state index in [1.165, 1.54) is 9.21 Å². The molecule has 0 bridgehead atoms. The van der Waals surface area contributed by atoms with E-state index in [0.29, 0.717) is 15.7 Å². The number of nitrogens with one attached hydrogen (secondary N) is 1. The van der Waals surface area contributed by atoms with Crippen molar-refractivity contribution >= 4 is 50.7 Å². The monoisotopic (exact) mass is 541 g/mol. The molecule has 0 saturated heterocycles. The van der Waals surface area contributed by atoms with Gasteiger partial charge in [-0.15, -0.1) is 0 Å². The summed E-state index contributed by atoms with van der Waals surface area (Å²) in [5.74, 6) is -0.475. The van der Waals surface area contributed by atoms with Gasteiger partial charge in [0.15, 0.2) is 0 Å². The Morgan fingerprint density at radius 1 is 0.971 bits per heavy atom. The number of nitrogens with zero attached hydrogens (tertiary/aromatic N) is 2. The summed E-state index contributed by atoms with van der Waals surface area (Å²) in [6.45, 7) is 5.93. The molecule has 2 atom stereocenters. The van der Waals surface area contributed by atoms with Gasteiger partial charge in [0.2, 0.25) is 21.8 Å². The van der Waals surface area contributed by atoms with Crippen molar-refractivity contribution in [1.82, 2.24) is 10.2 Å². The lowest BCUT2D eigenvalue weighted by Crippen LogP contribution is -2.49. The molecule has 0 heterocycles. The van der Waals surface area contributed by atoms with Gasteiger partial charge in [0.05, 0.1) is 11.9 Å². The number of hydrogen-bond acceptors (Lipinski definition) is 4. The first-order valence-electron chi connectivity index (χ1n) is 11.5. The lowest BCUT2D eigenvalue weighted by molar-refractivity contribution is -0.140. The summed E-state index contributed by atoms with van der Waals surface area (Å²) in [5, 5.41) is 4.01. The van der Waals surface area contributed by atoms with Crippen molar-refractivity contribution in [1.29, 1.82) is 0 Å². The van der Waals surface area contributed by atoms with Gasteiger partial charge in [-0.1, -0.05) is 42.3 Å². The van der Waals surface area contributed by atoms with E-state index >= 15 is 0 Å². The predicted octanol–water partition coefficient (Wildman–Crippen LogP) is 4.87. The van der Waals surface area contributed by atoms with E-state index in [4.69, 9.17) is 23.2 Å². The molecule has 0 spiro atoms. The smallest absolute Gasteiger partial charge is 0.242 e. The number of anilines is 1. The second kappa shape index (κ2) is 13.1. The van der Waals surface area contributed by atoms with Crippen molar-refractivity contribution in [3.05, 3.63) is 64.1 Å². The van der Waals surface area contributed by atoms with Crippen LogP contribution in [0.1, 0.15) is 45.6 Å². The van der Waals surface area contributed by atoms with E-state index in [1.54, 1.807) is 43.3 Å². The average molecular weight is 543 g/mol. The van der Waals surface area contributed by atoms with Crippen LogP contribution >= 0.6 is 23.2 Å². The van der Waals surface area contributed by atoms with E-state index in [0.717, 1.165) is 18.2 Å². The molecule has 2 aromatic carbocycles. The number of hydrogen-bond donors (Lipinski definition) is 1. The maximum Gasteiger partial charge on any atom is 0.242 e. The maximum absolute atomic E-state index is 13.3. The van der Waals surface area contributed by atoms with Crippen LogP contribution in [-0.2, 0) is 26.2 Å². The van der Waals surface area contributed by atoms with Crippen molar-refractivity contribution in [3.8, 4) is 0 Å². The van der Waals surface area contributed by atoms with Crippen LogP contribution in [0.5, 0.6) is 0 Å². The van der Waals surface area contributed by atoms with Crippen LogP contribution < -0.4 is 9.62 Å². The number of rotatable bonds is 12. The summed E-state index contributed by atoms with van der Waals surface area (Å²) in [6, 6.07) is 12.9. The molecule has 0 saturated carbocycles. The molecular formula is C25H33Cl2N3O4S. The minimum Gasteiger partial charge on any atom is -0.352 e. The number of sulfonamides is 1. The van der Waals surface area contributed by atoms with E-state index in [1.807, 2.05) is 26.0 Å². The number of amides is 2. The van der Waals surface area contributed by atoms with Gasteiger partial charge >= 0.3 is 0 Å². The Kier molecular flexibility index (Phi) is 10.9. The number of benzene rings is 2. The largest absolute Gasteiger partial charge is 0.352 e. The third-order valence-corrected chi connectivity index (χ3v) is 7.40. The van der Waals surface area contributed by atoms with Crippen molar-refractivity contribution in [3.63, 3.8) is 0 Å². The Bertz CT molecular complexity index is 1090. The predicted molar refractivity (Wildman–Crippen MR) is 142 cm³/mol. The second-order valence-electron chi connectivity index (χ2n) is 8.56. The zero-order valence-corrected chi connectivity index (χ0v) is 22.8. The van der Waals surface area contributed by atoms with Crippen molar-refractivity contribution in [2.45, 2.75) is 58.7 Å². The van der Waals surface area contributed by atoms with Crippen LogP contribution in [0.3, 0.4) is 0 Å². The van der Waals surface area contributed by atoms with Gasteiger partial charge in [-0.2, -0.15) is 0 Å². The normalized spacial score (nSPS) is 13.1. The van der Waals surface area contributed by atoms with Gasteiger partial charge in [-0.25, -0.2) is 8.42 Å². The third-order valence-electron chi connectivity index (χ3n) is 5.70. The van der Waals surface area contributed by atoms with Crippen LogP contribution in [0.15, 0.2) is 48.5 Å². The Hall–Kier alpha value is -2.29. The number of carbonyl (C=O) groups excluding carboxylic acids is 2. The fourth-order valence-corrected chi connectivity index (χ4v) is 4.66. The van der Waals surface area contributed by atoms with Gasteiger partial charge in [0.1, 0.15) is 6.04 Å².